The van der Waals surface area contributed by atoms with Crippen LogP contribution in [0.3, 0.4) is 0 Å². The fourth-order valence-electron chi connectivity index (χ4n) is 3.28. The molecule has 3 nitrogen and oxygen atoms in total. The second-order valence-corrected chi connectivity index (χ2v) is 6.45. The third-order valence-electron chi connectivity index (χ3n) is 4.47. The van der Waals surface area contributed by atoms with Crippen LogP contribution in [0.4, 0.5) is 0 Å². The largest absolute Gasteiger partial charge is 0.302 e. The third kappa shape index (κ3) is 2.12. The van der Waals surface area contributed by atoms with Gasteiger partial charge in [-0.1, -0.05) is 11.6 Å². The van der Waals surface area contributed by atoms with Gasteiger partial charge in [-0.15, -0.1) is 4.98 Å². The van der Waals surface area contributed by atoms with Gasteiger partial charge in [-0.05, 0) is 63.9 Å². The summed E-state index contributed by atoms with van der Waals surface area (Å²) in [6.45, 7) is 11.0. The number of fused-ring (bicyclic) bond motifs is 1. The summed E-state index contributed by atoms with van der Waals surface area (Å²) < 4.78 is 4.61. The molecule has 0 N–H and O–H groups in total. The van der Waals surface area contributed by atoms with E-state index in [9.17, 15) is 0 Å². The molecular formula is C19H24N3+. The van der Waals surface area contributed by atoms with Crippen molar-refractivity contribution in [2.45, 2.75) is 40.7 Å². The van der Waals surface area contributed by atoms with Crippen LogP contribution >= 0.6 is 0 Å². The normalized spacial score (nSPS) is 11.6. The number of nitrogens with zero attached hydrogens (tertiary/aromatic N) is 3. The topological polar surface area (TPSA) is 21.7 Å². The molecule has 0 aliphatic rings. The number of aromatic nitrogens is 3. The van der Waals surface area contributed by atoms with Gasteiger partial charge >= 0.3 is 5.65 Å². The molecule has 0 spiro atoms. The Bertz CT molecular complexity index is 857. The molecule has 22 heavy (non-hydrogen) atoms. The zero-order chi connectivity index (χ0) is 16.0. The molecule has 2 aromatic heterocycles. The van der Waals surface area contributed by atoms with Gasteiger partial charge in [-0.2, -0.15) is 0 Å². The van der Waals surface area contributed by atoms with Gasteiger partial charge in [0, 0.05) is 0 Å². The van der Waals surface area contributed by atoms with Crippen LogP contribution in [0.1, 0.15) is 36.6 Å². The van der Waals surface area contributed by atoms with Crippen molar-refractivity contribution in [3.05, 3.63) is 47.2 Å². The zero-order valence-corrected chi connectivity index (χ0v) is 14.3. The van der Waals surface area contributed by atoms with Crippen molar-refractivity contribution in [2.24, 2.45) is 7.05 Å². The molecule has 0 aliphatic heterocycles. The van der Waals surface area contributed by atoms with Gasteiger partial charge in [-0.25, -0.2) is 4.57 Å². The van der Waals surface area contributed by atoms with Gasteiger partial charge in [0.2, 0.25) is 5.82 Å². The van der Waals surface area contributed by atoms with Gasteiger partial charge in [-0.3, -0.25) is 4.57 Å². The summed E-state index contributed by atoms with van der Waals surface area (Å²) in [5.41, 5.74) is 7.49. The van der Waals surface area contributed by atoms with E-state index in [1.807, 2.05) is 12.3 Å². The molecular weight excluding hydrogens is 270 g/mol. The maximum absolute atomic E-state index is 4.63. The lowest BCUT2D eigenvalue weighted by atomic mass is 9.99. The van der Waals surface area contributed by atoms with E-state index in [4.69, 9.17) is 0 Å². The first kappa shape index (κ1) is 14.8. The summed E-state index contributed by atoms with van der Waals surface area (Å²) in [6, 6.07) is 9.04. The highest BCUT2D eigenvalue weighted by atomic mass is 15.2. The smallest absolute Gasteiger partial charge is 0.256 e. The minimum atomic E-state index is 0.355. The summed E-state index contributed by atoms with van der Waals surface area (Å²) in [7, 11) is 2.13. The van der Waals surface area contributed by atoms with Crippen LogP contribution in [-0.4, -0.2) is 9.55 Å². The molecule has 0 aliphatic carbocycles. The molecule has 0 atom stereocenters. The summed E-state index contributed by atoms with van der Waals surface area (Å²) in [6.07, 6.45) is 1.87. The zero-order valence-electron chi connectivity index (χ0n) is 14.3. The quantitative estimate of drug-likeness (QED) is 0.654. The molecule has 0 radical (unpaired) electrons. The highest BCUT2D eigenvalue weighted by Gasteiger charge is 2.26. The number of hydrogen-bond acceptors (Lipinski definition) is 1. The Labute approximate surface area is 132 Å². The van der Waals surface area contributed by atoms with Crippen LogP contribution in [0.5, 0.6) is 0 Å². The first-order chi connectivity index (χ1) is 10.4. The lowest BCUT2D eigenvalue weighted by Crippen LogP contribution is -2.38. The maximum atomic E-state index is 4.63. The standard InChI is InChI=1S/C19H24N3/c1-12(2)22-18-17(8-7-9-20-18)21(6)19(22)16-11-13(3)10-14(4)15(16)5/h7-12H,1-6H3/q+1. The fourth-order valence-corrected chi connectivity index (χ4v) is 3.28. The molecule has 3 heteroatoms. The second-order valence-electron chi connectivity index (χ2n) is 6.45. The summed E-state index contributed by atoms with van der Waals surface area (Å²) in [4.78, 5) is 4.63. The van der Waals surface area contributed by atoms with Crippen LogP contribution in [0.25, 0.3) is 22.6 Å². The summed E-state index contributed by atoms with van der Waals surface area (Å²) in [5, 5.41) is 0. The molecule has 114 valence electrons. The average Bonchev–Trinajstić information content (AvgIpc) is 2.76. The minimum absolute atomic E-state index is 0.355. The van der Waals surface area contributed by atoms with Gasteiger partial charge < -0.3 is 0 Å². The Morgan fingerprint density at radius 3 is 2.55 bits per heavy atom. The van der Waals surface area contributed by atoms with Crippen molar-refractivity contribution < 1.29 is 4.57 Å². The molecule has 0 unspecified atom stereocenters. The predicted octanol–water partition coefficient (Wildman–Crippen LogP) is 4.03. The molecule has 2 heterocycles. The van der Waals surface area contributed by atoms with Gasteiger partial charge in [0.1, 0.15) is 6.20 Å². The van der Waals surface area contributed by atoms with E-state index >= 15 is 0 Å². The van der Waals surface area contributed by atoms with E-state index in [-0.39, 0.29) is 0 Å². The Hall–Kier alpha value is -2.16. The van der Waals surface area contributed by atoms with Crippen molar-refractivity contribution in [3.63, 3.8) is 0 Å². The highest BCUT2D eigenvalue weighted by Crippen LogP contribution is 2.28. The lowest BCUT2D eigenvalue weighted by molar-refractivity contribution is -0.683. The van der Waals surface area contributed by atoms with Crippen LogP contribution < -0.4 is 4.57 Å². The lowest BCUT2D eigenvalue weighted by Gasteiger charge is -2.13. The van der Waals surface area contributed by atoms with Gasteiger partial charge in [0.25, 0.3) is 0 Å². The van der Waals surface area contributed by atoms with Crippen LogP contribution in [0, 0.1) is 20.8 Å². The minimum Gasteiger partial charge on any atom is -0.256 e. The van der Waals surface area contributed by atoms with E-state index < -0.39 is 0 Å². The fraction of sp³-hybridized carbons (Fsp3) is 0.368. The molecule has 3 rings (SSSR count). The van der Waals surface area contributed by atoms with Crippen molar-refractivity contribution >= 4 is 11.2 Å². The summed E-state index contributed by atoms with van der Waals surface area (Å²) in [5.74, 6) is 1.23. The Morgan fingerprint density at radius 2 is 1.86 bits per heavy atom. The van der Waals surface area contributed by atoms with Crippen molar-refractivity contribution in [3.8, 4) is 11.4 Å². The molecule has 1 aromatic carbocycles. The average molecular weight is 294 g/mol. The number of imidazole rings is 1. The van der Waals surface area contributed by atoms with E-state index in [1.54, 1.807) is 0 Å². The Morgan fingerprint density at radius 1 is 1.14 bits per heavy atom. The third-order valence-corrected chi connectivity index (χ3v) is 4.47. The number of hydrogen-bond donors (Lipinski definition) is 0. The molecule has 3 aromatic rings. The van der Waals surface area contributed by atoms with Gasteiger partial charge in [0.05, 0.1) is 18.7 Å². The Balaban J connectivity index is 2.46. The number of pyridine rings is 1. The number of benzene rings is 1. The number of aryl methyl sites for hydroxylation is 3. The van der Waals surface area contributed by atoms with Gasteiger partial charge in [0.15, 0.2) is 5.52 Å². The van der Waals surface area contributed by atoms with E-state index in [0.717, 1.165) is 5.65 Å². The molecule has 0 saturated carbocycles. The van der Waals surface area contributed by atoms with Crippen molar-refractivity contribution in [2.75, 3.05) is 0 Å². The molecule has 0 bridgehead atoms. The first-order valence-corrected chi connectivity index (χ1v) is 7.85. The maximum Gasteiger partial charge on any atom is 0.302 e. The molecule has 0 amide bonds. The number of rotatable bonds is 2. The highest BCUT2D eigenvalue weighted by molar-refractivity contribution is 5.74. The SMILES string of the molecule is Cc1cc(C)c(C)c(-c2n(C)c3cccnc3[n+]2C(C)C)c1. The van der Waals surface area contributed by atoms with Crippen LogP contribution in [0.15, 0.2) is 30.5 Å². The van der Waals surface area contributed by atoms with E-state index in [1.165, 1.54) is 33.6 Å². The van der Waals surface area contributed by atoms with E-state index in [2.05, 4.69) is 74.0 Å². The molecule has 0 fully saturated rings. The predicted molar refractivity (Wildman–Crippen MR) is 90.9 cm³/mol. The van der Waals surface area contributed by atoms with Crippen molar-refractivity contribution in [1.29, 1.82) is 0 Å². The van der Waals surface area contributed by atoms with Crippen LogP contribution in [0.2, 0.25) is 0 Å². The first-order valence-electron chi connectivity index (χ1n) is 7.85. The monoisotopic (exact) mass is 294 g/mol. The molecule has 0 saturated heterocycles. The Kier molecular flexibility index (Phi) is 3.51. The van der Waals surface area contributed by atoms with Crippen LogP contribution in [-0.2, 0) is 7.05 Å². The van der Waals surface area contributed by atoms with Crippen molar-refractivity contribution in [1.82, 2.24) is 9.55 Å². The summed E-state index contributed by atoms with van der Waals surface area (Å²) >= 11 is 0. The van der Waals surface area contributed by atoms with E-state index in [0.29, 0.717) is 6.04 Å². The second kappa shape index (κ2) is 5.24.